The monoisotopic (exact) mass is 278 g/mol. The van der Waals surface area contributed by atoms with Gasteiger partial charge in [-0.15, -0.1) is 0 Å². The van der Waals surface area contributed by atoms with Crippen molar-refractivity contribution >= 4 is 11.6 Å². The second-order valence-corrected chi connectivity index (χ2v) is 5.03. The molecule has 0 bridgehead atoms. The molecule has 1 aromatic carbocycles. The van der Waals surface area contributed by atoms with Crippen LogP contribution in [0.1, 0.15) is 0 Å². The number of allylic oxidation sites excluding steroid dienone is 4. The molecule has 3 rings (SSSR count). The van der Waals surface area contributed by atoms with Gasteiger partial charge in [0.15, 0.2) is 6.10 Å². The number of benzene rings is 1. The molecule has 0 aromatic heterocycles. The van der Waals surface area contributed by atoms with Crippen LogP contribution in [0.3, 0.4) is 0 Å². The van der Waals surface area contributed by atoms with Crippen LogP contribution in [0, 0.1) is 11.8 Å². The van der Waals surface area contributed by atoms with E-state index in [9.17, 15) is 18.3 Å². The van der Waals surface area contributed by atoms with Gasteiger partial charge in [0.2, 0.25) is 0 Å². The van der Waals surface area contributed by atoms with Gasteiger partial charge in [-0.05, 0) is 16.0 Å². The van der Waals surface area contributed by atoms with Gasteiger partial charge in [-0.3, -0.25) is 0 Å². The van der Waals surface area contributed by atoms with Crippen molar-refractivity contribution in [1.82, 2.24) is 0 Å². The van der Waals surface area contributed by atoms with E-state index in [-0.39, 0.29) is 11.5 Å². The van der Waals surface area contributed by atoms with Crippen LogP contribution >= 0.6 is 0 Å². The van der Waals surface area contributed by atoms with Gasteiger partial charge in [0.25, 0.3) is 0 Å². The Kier molecular flexibility index (Phi) is 3.05. The average molecular weight is 278 g/mol. The van der Waals surface area contributed by atoms with Crippen molar-refractivity contribution in [3.8, 4) is 0 Å². The molecule has 1 N–H and O–H groups in total. The van der Waals surface area contributed by atoms with Gasteiger partial charge in [0.1, 0.15) is 0 Å². The molecular formula is C16H13F3O. The predicted molar refractivity (Wildman–Crippen MR) is 70.9 cm³/mol. The van der Waals surface area contributed by atoms with Crippen LogP contribution in [0.4, 0.5) is 13.2 Å². The fourth-order valence-corrected chi connectivity index (χ4v) is 2.89. The van der Waals surface area contributed by atoms with Crippen molar-refractivity contribution in [2.75, 3.05) is 0 Å². The molecule has 3 unspecified atom stereocenters. The number of aliphatic hydroxyl groups is 1. The fraction of sp³-hybridized carbons (Fsp3) is 0.250. The largest absolute Gasteiger partial charge is 0.418 e. The van der Waals surface area contributed by atoms with Gasteiger partial charge < -0.3 is 5.11 Å². The maximum absolute atomic E-state index is 13.0. The van der Waals surface area contributed by atoms with Gasteiger partial charge in [-0.2, -0.15) is 13.2 Å². The molecule has 0 saturated carbocycles. The van der Waals surface area contributed by atoms with E-state index in [4.69, 9.17) is 0 Å². The van der Waals surface area contributed by atoms with Gasteiger partial charge in [-0.1, -0.05) is 54.6 Å². The zero-order valence-electron chi connectivity index (χ0n) is 10.5. The summed E-state index contributed by atoms with van der Waals surface area (Å²) < 4.78 is 38.9. The molecule has 0 aliphatic heterocycles. The summed E-state index contributed by atoms with van der Waals surface area (Å²) in [6.45, 7) is 0. The van der Waals surface area contributed by atoms with Crippen LogP contribution in [0.25, 0.3) is 11.6 Å². The number of fused-ring (bicyclic) bond motifs is 2. The third-order valence-electron chi connectivity index (χ3n) is 3.79. The van der Waals surface area contributed by atoms with Gasteiger partial charge >= 0.3 is 6.18 Å². The van der Waals surface area contributed by atoms with E-state index in [1.807, 2.05) is 18.2 Å². The highest BCUT2D eigenvalue weighted by Crippen LogP contribution is 2.36. The summed E-state index contributed by atoms with van der Waals surface area (Å²) in [5, 5.41) is 11.0. The van der Waals surface area contributed by atoms with Crippen LogP contribution in [-0.2, 0) is 0 Å². The van der Waals surface area contributed by atoms with Gasteiger partial charge in [0, 0.05) is 11.8 Å². The molecule has 1 aromatic rings. The zero-order valence-corrected chi connectivity index (χ0v) is 10.5. The minimum atomic E-state index is -4.65. The van der Waals surface area contributed by atoms with E-state index in [2.05, 4.69) is 0 Å². The standard InChI is InChI=1S/C16H13F3O/c17-16(18,19)15(20)14-12-7-3-1-5-10(12)9-11-6-2-4-8-13(11)14/h1-10,12,15,20H. The summed E-state index contributed by atoms with van der Waals surface area (Å²) in [4.78, 5) is 0. The minimum absolute atomic E-state index is 0.0428. The van der Waals surface area contributed by atoms with Crippen molar-refractivity contribution in [3.63, 3.8) is 0 Å². The molecule has 0 amide bonds. The van der Waals surface area contributed by atoms with E-state index >= 15 is 0 Å². The van der Waals surface area contributed by atoms with Crippen LogP contribution in [0.15, 0.2) is 48.6 Å². The molecule has 0 spiro atoms. The highest BCUT2D eigenvalue weighted by molar-refractivity contribution is 5.63. The van der Waals surface area contributed by atoms with E-state index in [1.54, 1.807) is 36.4 Å². The molecule has 20 heavy (non-hydrogen) atoms. The van der Waals surface area contributed by atoms with E-state index in [0.717, 1.165) is 5.22 Å². The number of halogens is 3. The minimum Gasteiger partial charge on any atom is -0.379 e. The molecule has 0 heterocycles. The Bertz CT molecular complexity index is 697. The first-order chi connectivity index (χ1) is 9.48. The van der Waals surface area contributed by atoms with Crippen LogP contribution in [0.2, 0.25) is 0 Å². The zero-order chi connectivity index (χ0) is 14.3. The summed E-state index contributed by atoms with van der Waals surface area (Å²) >= 11 is 0. The number of hydrogen-bond acceptors (Lipinski definition) is 1. The van der Waals surface area contributed by atoms with Crippen molar-refractivity contribution < 1.29 is 18.3 Å². The molecule has 0 fully saturated rings. The van der Waals surface area contributed by atoms with Crippen LogP contribution in [0.5, 0.6) is 0 Å². The lowest BCUT2D eigenvalue weighted by atomic mass is 9.76. The number of rotatable bonds is 1. The normalized spacial score (nSPS) is 25.7. The predicted octanol–water partition coefficient (Wildman–Crippen LogP) is 1.91. The Morgan fingerprint density at radius 3 is 2.50 bits per heavy atom. The Labute approximate surface area is 114 Å². The highest BCUT2D eigenvalue weighted by atomic mass is 19.4. The Balaban J connectivity index is 2.29. The molecule has 104 valence electrons. The lowest BCUT2D eigenvalue weighted by molar-refractivity contribution is -0.186. The highest BCUT2D eigenvalue weighted by Gasteiger charge is 2.44. The van der Waals surface area contributed by atoms with Crippen molar-refractivity contribution in [2.45, 2.75) is 12.3 Å². The average Bonchev–Trinajstić information content (AvgIpc) is 2.43. The van der Waals surface area contributed by atoms with E-state index in [0.29, 0.717) is 5.22 Å². The van der Waals surface area contributed by atoms with Crippen molar-refractivity contribution in [1.29, 1.82) is 0 Å². The van der Waals surface area contributed by atoms with Gasteiger partial charge in [0.05, 0.1) is 0 Å². The van der Waals surface area contributed by atoms with Crippen LogP contribution < -0.4 is 10.4 Å². The summed E-state index contributed by atoms with van der Waals surface area (Å²) in [6.07, 6.45) is 2.01. The summed E-state index contributed by atoms with van der Waals surface area (Å²) in [6, 6.07) is 6.90. The second-order valence-electron chi connectivity index (χ2n) is 5.03. The number of alkyl halides is 3. The lowest BCUT2D eigenvalue weighted by Crippen LogP contribution is -2.44. The third kappa shape index (κ3) is 2.10. The first kappa shape index (κ1) is 13.2. The first-order valence-corrected chi connectivity index (χ1v) is 6.39. The molecule has 3 atom stereocenters. The molecule has 2 aliphatic carbocycles. The molecule has 1 nitrogen and oxygen atoms in total. The maximum atomic E-state index is 13.0. The number of hydrogen-bond donors (Lipinski definition) is 1. The summed E-state index contributed by atoms with van der Waals surface area (Å²) in [7, 11) is 0. The SMILES string of the molecule is OC(C1=c2ccccc2=CC2C=CC=CC12)C(F)(F)F. The Morgan fingerprint density at radius 2 is 1.75 bits per heavy atom. The Hall–Kier alpha value is -1.81. The van der Waals surface area contributed by atoms with Crippen molar-refractivity contribution in [2.24, 2.45) is 11.8 Å². The molecule has 4 heteroatoms. The van der Waals surface area contributed by atoms with Gasteiger partial charge in [-0.25, -0.2) is 0 Å². The van der Waals surface area contributed by atoms with E-state index in [1.165, 1.54) is 0 Å². The van der Waals surface area contributed by atoms with E-state index < -0.39 is 18.2 Å². The molecular weight excluding hydrogens is 265 g/mol. The molecule has 2 aliphatic rings. The quantitative estimate of drug-likeness (QED) is 0.832. The van der Waals surface area contributed by atoms with Crippen LogP contribution in [-0.4, -0.2) is 17.4 Å². The maximum Gasteiger partial charge on any atom is 0.418 e. The smallest absolute Gasteiger partial charge is 0.379 e. The lowest BCUT2D eigenvalue weighted by Gasteiger charge is -2.31. The topological polar surface area (TPSA) is 20.2 Å². The first-order valence-electron chi connectivity index (χ1n) is 6.39. The second kappa shape index (κ2) is 4.63. The molecule has 0 radical (unpaired) electrons. The number of aliphatic hydroxyl groups excluding tert-OH is 1. The Morgan fingerprint density at radius 1 is 1.05 bits per heavy atom. The molecule has 0 saturated heterocycles. The van der Waals surface area contributed by atoms with Crippen molar-refractivity contribution in [3.05, 3.63) is 59.0 Å². The summed E-state index contributed by atoms with van der Waals surface area (Å²) in [5.41, 5.74) is 0.0428. The summed E-state index contributed by atoms with van der Waals surface area (Å²) in [5.74, 6) is -0.576. The fourth-order valence-electron chi connectivity index (χ4n) is 2.89. The third-order valence-corrected chi connectivity index (χ3v) is 3.79.